The summed E-state index contributed by atoms with van der Waals surface area (Å²) in [6.45, 7) is 9.31. The maximum absolute atomic E-state index is 12.9. The molecule has 0 aliphatic carbocycles. The Balaban J connectivity index is 2.21. The average molecular weight is 419 g/mol. The number of aryl methyl sites for hydroxylation is 2. The van der Waals surface area contributed by atoms with Crippen LogP contribution in [0.4, 0.5) is 0 Å². The molecular weight excluding hydrogens is 388 g/mol. The molecule has 2 atom stereocenters. The van der Waals surface area contributed by atoms with Crippen LogP contribution >= 0.6 is 0 Å². The van der Waals surface area contributed by atoms with Crippen LogP contribution in [0.15, 0.2) is 47.4 Å². The van der Waals surface area contributed by atoms with Crippen LogP contribution in [0.25, 0.3) is 0 Å². The molecule has 0 saturated carbocycles. The fourth-order valence-corrected chi connectivity index (χ4v) is 4.36. The summed E-state index contributed by atoms with van der Waals surface area (Å²) in [7, 11) is -2.24. The predicted molar refractivity (Wildman–Crippen MR) is 114 cm³/mol. The normalized spacial score (nSPS) is 13.8. The summed E-state index contributed by atoms with van der Waals surface area (Å²) in [4.78, 5) is 13.1. The topological polar surface area (TPSA) is 84.5 Å². The van der Waals surface area contributed by atoms with Gasteiger partial charge in [0.2, 0.25) is 15.9 Å². The first kappa shape index (κ1) is 22.9. The first-order chi connectivity index (χ1) is 13.5. The van der Waals surface area contributed by atoms with Gasteiger partial charge in [0, 0.05) is 5.56 Å². The molecule has 29 heavy (non-hydrogen) atoms. The predicted octanol–water partition coefficient (Wildman–Crippen LogP) is 3.49. The second kappa shape index (κ2) is 9.41. The molecule has 2 rings (SSSR count). The zero-order valence-electron chi connectivity index (χ0n) is 17.8. The van der Waals surface area contributed by atoms with Crippen LogP contribution in [0, 0.1) is 19.8 Å². The molecule has 0 spiro atoms. The van der Waals surface area contributed by atoms with Crippen molar-refractivity contribution in [1.29, 1.82) is 0 Å². The van der Waals surface area contributed by atoms with E-state index in [1.807, 2.05) is 39.0 Å². The van der Waals surface area contributed by atoms with E-state index in [9.17, 15) is 13.2 Å². The lowest BCUT2D eigenvalue weighted by Gasteiger charge is -2.25. The van der Waals surface area contributed by atoms with Crippen LogP contribution in [0.5, 0.6) is 5.75 Å². The summed E-state index contributed by atoms with van der Waals surface area (Å²) in [5.74, 6) is 0.0540. The van der Waals surface area contributed by atoms with E-state index in [2.05, 4.69) is 10.0 Å². The molecule has 2 aromatic rings. The molecule has 0 saturated heterocycles. The van der Waals surface area contributed by atoms with Gasteiger partial charge in [-0.15, -0.1) is 0 Å². The van der Waals surface area contributed by atoms with Crippen LogP contribution in [0.2, 0.25) is 0 Å². The molecular formula is C22H30N2O4S. The van der Waals surface area contributed by atoms with E-state index in [4.69, 9.17) is 4.74 Å². The van der Waals surface area contributed by atoms with Crippen LogP contribution < -0.4 is 14.8 Å². The van der Waals surface area contributed by atoms with Gasteiger partial charge in [-0.3, -0.25) is 4.79 Å². The molecule has 0 aliphatic rings. The molecule has 6 nitrogen and oxygen atoms in total. The number of methoxy groups -OCH3 is 1. The van der Waals surface area contributed by atoms with Crippen LogP contribution in [0.1, 0.15) is 43.5 Å². The van der Waals surface area contributed by atoms with Gasteiger partial charge in [-0.05, 0) is 44.9 Å². The number of carbonyl (C=O) groups excluding carboxylic acids is 1. The number of hydrogen-bond donors (Lipinski definition) is 2. The van der Waals surface area contributed by atoms with Crippen molar-refractivity contribution < 1.29 is 17.9 Å². The van der Waals surface area contributed by atoms with E-state index in [1.54, 1.807) is 33.1 Å². The molecule has 7 heteroatoms. The SMILES string of the molecule is COc1ccc(C)cc1[C@@H](C)NC(=O)[C@@H](NS(=O)(=O)c1ccc(C)cc1)C(C)C. The van der Waals surface area contributed by atoms with Gasteiger partial charge >= 0.3 is 0 Å². The quantitative estimate of drug-likeness (QED) is 0.687. The van der Waals surface area contributed by atoms with E-state index < -0.39 is 16.1 Å². The largest absolute Gasteiger partial charge is 0.496 e. The molecule has 0 aromatic heterocycles. The second-order valence-electron chi connectivity index (χ2n) is 7.63. The summed E-state index contributed by atoms with van der Waals surface area (Å²) in [5, 5.41) is 2.92. The van der Waals surface area contributed by atoms with E-state index in [1.165, 1.54) is 12.1 Å². The van der Waals surface area contributed by atoms with E-state index in [0.29, 0.717) is 5.75 Å². The minimum absolute atomic E-state index is 0.134. The zero-order chi connectivity index (χ0) is 21.8. The summed E-state index contributed by atoms with van der Waals surface area (Å²) in [6, 6.07) is 11.0. The summed E-state index contributed by atoms with van der Waals surface area (Å²) in [5.41, 5.74) is 2.84. The smallest absolute Gasteiger partial charge is 0.241 e. The van der Waals surface area contributed by atoms with E-state index in [0.717, 1.165) is 16.7 Å². The number of nitrogens with one attached hydrogen (secondary N) is 2. The molecule has 2 N–H and O–H groups in total. The Labute approximate surface area is 173 Å². The van der Waals surface area contributed by atoms with Crippen molar-refractivity contribution in [3.05, 3.63) is 59.2 Å². The number of rotatable bonds is 8. The van der Waals surface area contributed by atoms with Crippen LogP contribution in [0.3, 0.4) is 0 Å². The number of benzene rings is 2. The number of carbonyl (C=O) groups is 1. The Hall–Kier alpha value is -2.38. The Morgan fingerprint density at radius 1 is 0.966 bits per heavy atom. The minimum Gasteiger partial charge on any atom is -0.496 e. The number of ether oxygens (including phenoxy) is 1. The van der Waals surface area contributed by atoms with Crippen LogP contribution in [-0.2, 0) is 14.8 Å². The molecule has 0 fully saturated rings. The fourth-order valence-electron chi connectivity index (χ4n) is 3.02. The van der Waals surface area contributed by atoms with Gasteiger partial charge in [0.05, 0.1) is 18.0 Å². The summed E-state index contributed by atoms with van der Waals surface area (Å²) >= 11 is 0. The number of sulfonamides is 1. The summed E-state index contributed by atoms with van der Waals surface area (Å²) in [6.07, 6.45) is 0. The molecule has 158 valence electrons. The Morgan fingerprint density at radius 3 is 2.10 bits per heavy atom. The number of amides is 1. The van der Waals surface area contributed by atoms with Gasteiger partial charge in [0.1, 0.15) is 11.8 Å². The third-order valence-electron chi connectivity index (χ3n) is 4.77. The van der Waals surface area contributed by atoms with Gasteiger partial charge in [-0.2, -0.15) is 4.72 Å². The highest BCUT2D eigenvalue weighted by atomic mass is 32.2. The Morgan fingerprint density at radius 2 is 1.55 bits per heavy atom. The van der Waals surface area contributed by atoms with Crippen molar-refractivity contribution in [1.82, 2.24) is 10.0 Å². The van der Waals surface area contributed by atoms with E-state index in [-0.39, 0.29) is 22.8 Å². The van der Waals surface area contributed by atoms with Gasteiger partial charge in [-0.1, -0.05) is 49.2 Å². The average Bonchev–Trinajstić information content (AvgIpc) is 2.66. The summed E-state index contributed by atoms with van der Waals surface area (Å²) < 4.78 is 33.5. The molecule has 0 unspecified atom stereocenters. The lowest BCUT2D eigenvalue weighted by atomic mass is 10.0. The standard InChI is InChI=1S/C22H30N2O4S/c1-14(2)21(24-29(26,27)18-10-7-15(3)8-11-18)22(25)23-17(5)19-13-16(4)9-12-20(19)28-6/h7-14,17,21,24H,1-6H3,(H,23,25)/t17-,21+/m1/s1. The van der Waals surface area contributed by atoms with Gasteiger partial charge in [-0.25, -0.2) is 8.42 Å². The van der Waals surface area contributed by atoms with Crippen molar-refractivity contribution in [3.63, 3.8) is 0 Å². The molecule has 0 radical (unpaired) electrons. The van der Waals surface area contributed by atoms with Crippen molar-refractivity contribution >= 4 is 15.9 Å². The van der Waals surface area contributed by atoms with E-state index >= 15 is 0 Å². The molecule has 0 aliphatic heterocycles. The first-order valence-corrected chi connectivity index (χ1v) is 11.1. The zero-order valence-corrected chi connectivity index (χ0v) is 18.6. The highest BCUT2D eigenvalue weighted by molar-refractivity contribution is 7.89. The fraction of sp³-hybridized carbons (Fsp3) is 0.409. The van der Waals surface area contributed by atoms with Crippen molar-refractivity contribution in [2.45, 2.75) is 51.6 Å². The third kappa shape index (κ3) is 5.81. The molecule has 1 amide bonds. The lowest BCUT2D eigenvalue weighted by Crippen LogP contribution is -2.50. The lowest BCUT2D eigenvalue weighted by molar-refractivity contribution is -0.124. The maximum Gasteiger partial charge on any atom is 0.241 e. The van der Waals surface area contributed by atoms with Gasteiger partial charge < -0.3 is 10.1 Å². The van der Waals surface area contributed by atoms with Crippen LogP contribution in [-0.4, -0.2) is 27.5 Å². The second-order valence-corrected chi connectivity index (χ2v) is 9.35. The van der Waals surface area contributed by atoms with Crippen molar-refractivity contribution in [3.8, 4) is 5.75 Å². The van der Waals surface area contributed by atoms with Gasteiger partial charge in [0.15, 0.2) is 0 Å². The molecule has 2 aromatic carbocycles. The first-order valence-electron chi connectivity index (χ1n) is 9.59. The maximum atomic E-state index is 12.9. The Kier molecular flexibility index (Phi) is 7.43. The highest BCUT2D eigenvalue weighted by Gasteiger charge is 2.29. The molecule has 0 heterocycles. The monoisotopic (exact) mass is 418 g/mol. The van der Waals surface area contributed by atoms with Crippen molar-refractivity contribution in [2.24, 2.45) is 5.92 Å². The van der Waals surface area contributed by atoms with Crippen molar-refractivity contribution in [2.75, 3.05) is 7.11 Å². The number of hydrogen-bond acceptors (Lipinski definition) is 4. The Bertz CT molecular complexity index is 953. The third-order valence-corrected chi connectivity index (χ3v) is 6.23. The molecule has 0 bridgehead atoms. The highest BCUT2D eigenvalue weighted by Crippen LogP contribution is 2.26. The minimum atomic E-state index is -3.82. The van der Waals surface area contributed by atoms with Gasteiger partial charge in [0.25, 0.3) is 0 Å².